The standard InChI is InChI=1S/C26H30N4O3S/c31-26(30-15-14-27-18-25(30)19-6-2-1-3-7-19)20-10-12-22(13-11-20)29-34(32,33)23-16-21-8-4-5-9-24(21)28-17-23/h1-9,16-17,20,22,25,27,29H,10-15,18H2. The molecule has 8 heteroatoms. The van der Waals surface area contributed by atoms with Gasteiger partial charge in [-0.1, -0.05) is 48.5 Å². The fourth-order valence-electron chi connectivity index (χ4n) is 5.12. The number of nitrogens with one attached hydrogen (secondary N) is 2. The Balaban J connectivity index is 1.22. The summed E-state index contributed by atoms with van der Waals surface area (Å²) in [5.74, 6) is 0.128. The third-order valence-electron chi connectivity index (χ3n) is 6.98. The second-order valence-electron chi connectivity index (χ2n) is 9.20. The minimum Gasteiger partial charge on any atom is -0.333 e. The van der Waals surface area contributed by atoms with Crippen LogP contribution in [-0.4, -0.2) is 49.9 Å². The number of hydrogen-bond acceptors (Lipinski definition) is 5. The number of carbonyl (C=O) groups excluding carboxylic acids is 1. The van der Waals surface area contributed by atoms with E-state index in [1.165, 1.54) is 6.20 Å². The van der Waals surface area contributed by atoms with Gasteiger partial charge < -0.3 is 10.2 Å². The van der Waals surface area contributed by atoms with Crippen LogP contribution in [0.15, 0.2) is 71.8 Å². The number of piperazine rings is 1. The van der Waals surface area contributed by atoms with E-state index < -0.39 is 10.0 Å². The fraction of sp³-hybridized carbons (Fsp3) is 0.385. The highest BCUT2D eigenvalue weighted by atomic mass is 32.2. The maximum absolute atomic E-state index is 13.4. The van der Waals surface area contributed by atoms with Gasteiger partial charge >= 0.3 is 0 Å². The maximum Gasteiger partial charge on any atom is 0.242 e. The predicted octanol–water partition coefficient (Wildman–Crippen LogP) is 3.25. The van der Waals surface area contributed by atoms with Gasteiger partial charge in [0.15, 0.2) is 0 Å². The predicted molar refractivity (Wildman–Crippen MR) is 132 cm³/mol. The molecule has 2 fully saturated rings. The molecule has 3 aromatic rings. The average molecular weight is 479 g/mol. The van der Waals surface area contributed by atoms with Crippen molar-refractivity contribution in [2.45, 2.75) is 42.7 Å². The van der Waals surface area contributed by atoms with Crippen LogP contribution in [0.4, 0.5) is 0 Å². The second kappa shape index (κ2) is 9.82. The quantitative estimate of drug-likeness (QED) is 0.588. The van der Waals surface area contributed by atoms with Crippen molar-refractivity contribution in [3.63, 3.8) is 0 Å². The smallest absolute Gasteiger partial charge is 0.242 e. The van der Waals surface area contributed by atoms with Crippen molar-refractivity contribution in [1.82, 2.24) is 19.9 Å². The van der Waals surface area contributed by atoms with E-state index in [0.717, 1.165) is 29.6 Å². The summed E-state index contributed by atoms with van der Waals surface area (Å²) >= 11 is 0. The fourth-order valence-corrected chi connectivity index (χ4v) is 6.40. The average Bonchev–Trinajstić information content (AvgIpc) is 2.89. The molecule has 2 heterocycles. The van der Waals surface area contributed by atoms with Crippen molar-refractivity contribution >= 4 is 26.8 Å². The van der Waals surface area contributed by atoms with Crippen molar-refractivity contribution in [2.24, 2.45) is 5.92 Å². The number of rotatable bonds is 5. The number of para-hydroxylation sites is 1. The summed E-state index contributed by atoms with van der Waals surface area (Å²) in [5, 5.41) is 4.20. The Morgan fingerprint density at radius 1 is 1.00 bits per heavy atom. The van der Waals surface area contributed by atoms with Gasteiger partial charge in [0.25, 0.3) is 0 Å². The molecule has 1 atom stereocenters. The molecule has 1 saturated heterocycles. The van der Waals surface area contributed by atoms with E-state index in [4.69, 9.17) is 0 Å². The molecule has 5 rings (SSSR count). The van der Waals surface area contributed by atoms with Crippen LogP contribution in [0.2, 0.25) is 0 Å². The summed E-state index contributed by atoms with van der Waals surface area (Å²) in [7, 11) is -3.67. The number of carbonyl (C=O) groups is 1. The molecule has 1 saturated carbocycles. The van der Waals surface area contributed by atoms with Crippen molar-refractivity contribution in [3.8, 4) is 0 Å². The van der Waals surface area contributed by atoms with E-state index in [2.05, 4.69) is 27.2 Å². The first kappa shape index (κ1) is 23.0. The van der Waals surface area contributed by atoms with Crippen LogP contribution in [0.25, 0.3) is 10.9 Å². The monoisotopic (exact) mass is 478 g/mol. The second-order valence-corrected chi connectivity index (χ2v) is 10.9. The Morgan fingerprint density at radius 2 is 1.74 bits per heavy atom. The van der Waals surface area contributed by atoms with E-state index in [0.29, 0.717) is 32.2 Å². The number of hydrogen-bond donors (Lipinski definition) is 2. The number of pyridine rings is 1. The Bertz CT molecular complexity index is 1260. The van der Waals surface area contributed by atoms with Gasteiger partial charge in [0.1, 0.15) is 4.90 Å². The zero-order valence-corrected chi connectivity index (χ0v) is 19.9. The minimum absolute atomic E-state index is 0.0408. The summed E-state index contributed by atoms with van der Waals surface area (Å²) in [5.41, 5.74) is 1.91. The van der Waals surface area contributed by atoms with E-state index in [-0.39, 0.29) is 28.8 Å². The number of nitrogens with zero attached hydrogens (tertiary/aromatic N) is 2. The van der Waals surface area contributed by atoms with E-state index in [1.54, 1.807) is 6.07 Å². The Kier molecular flexibility index (Phi) is 6.63. The zero-order valence-electron chi connectivity index (χ0n) is 19.1. The van der Waals surface area contributed by atoms with Gasteiger partial charge in [-0.25, -0.2) is 13.1 Å². The number of sulfonamides is 1. The molecule has 2 aromatic carbocycles. The van der Waals surface area contributed by atoms with Gasteiger partial charge in [0, 0.05) is 43.2 Å². The van der Waals surface area contributed by atoms with Crippen LogP contribution >= 0.6 is 0 Å². The molecule has 2 aliphatic rings. The van der Waals surface area contributed by atoms with Crippen LogP contribution in [0.1, 0.15) is 37.3 Å². The maximum atomic E-state index is 13.4. The van der Waals surface area contributed by atoms with Gasteiger partial charge in [-0.2, -0.15) is 0 Å². The highest BCUT2D eigenvalue weighted by molar-refractivity contribution is 7.89. The molecule has 2 N–H and O–H groups in total. The number of amides is 1. The third kappa shape index (κ3) is 4.85. The van der Waals surface area contributed by atoms with Gasteiger partial charge in [-0.05, 0) is 43.4 Å². The normalized spacial score (nSPS) is 23.6. The zero-order chi connectivity index (χ0) is 23.5. The third-order valence-corrected chi connectivity index (χ3v) is 8.47. The molecule has 0 spiro atoms. The van der Waals surface area contributed by atoms with Gasteiger partial charge in [0.05, 0.1) is 11.6 Å². The first-order valence-corrected chi connectivity index (χ1v) is 13.4. The van der Waals surface area contributed by atoms with Crippen molar-refractivity contribution in [2.75, 3.05) is 19.6 Å². The molecular weight excluding hydrogens is 448 g/mol. The van der Waals surface area contributed by atoms with Crippen LogP contribution in [-0.2, 0) is 14.8 Å². The molecule has 1 unspecified atom stereocenters. The first-order valence-electron chi connectivity index (χ1n) is 11.9. The number of aromatic nitrogens is 1. The molecule has 34 heavy (non-hydrogen) atoms. The molecular formula is C26H30N4O3S. The van der Waals surface area contributed by atoms with Crippen molar-refractivity contribution < 1.29 is 13.2 Å². The summed E-state index contributed by atoms with van der Waals surface area (Å²) in [6.45, 7) is 2.24. The lowest BCUT2D eigenvalue weighted by Gasteiger charge is -2.40. The summed E-state index contributed by atoms with van der Waals surface area (Å²) < 4.78 is 28.8. The number of benzene rings is 2. The molecule has 1 aromatic heterocycles. The lowest BCUT2D eigenvalue weighted by molar-refractivity contribution is -0.140. The van der Waals surface area contributed by atoms with Crippen molar-refractivity contribution in [3.05, 3.63) is 72.4 Å². The van der Waals surface area contributed by atoms with Crippen LogP contribution in [0, 0.1) is 5.92 Å². The Hall–Kier alpha value is -2.81. The molecule has 0 bridgehead atoms. The van der Waals surface area contributed by atoms with E-state index in [9.17, 15) is 13.2 Å². The summed E-state index contributed by atoms with van der Waals surface area (Å²) in [4.78, 5) is 19.9. The molecule has 178 valence electrons. The Morgan fingerprint density at radius 3 is 2.53 bits per heavy atom. The van der Waals surface area contributed by atoms with Gasteiger partial charge in [-0.3, -0.25) is 9.78 Å². The van der Waals surface area contributed by atoms with E-state index in [1.807, 2.05) is 47.4 Å². The molecule has 1 aliphatic carbocycles. The van der Waals surface area contributed by atoms with Gasteiger partial charge in [0.2, 0.25) is 15.9 Å². The molecule has 1 amide bonds. The molecule has 1 aliphatic heterocycles. The topological polar surface area (TPSA) is 91.4 Å². The SMILES string of the molecule is O=C(C1CCC(NS(=O)(=O)c2cnc3ccccc3c2)CC1)N1CCNCC1c1ccccc1. The highest BCUT2D eigenvalue weighted by Gasteiger charge is 2.35. The summed E-state index contributed by atoms with van der Waals surface area (Å²) in [6.07, 6.45) is 4.09. The van der Waals surface area contributed by atoms with Crippen LogP contribution in [0.5, 0.6) is 0 Å². The van der Waals surface area contributed by atoms with E-state index >= 15 is 0 Å². The lowest BCUT2D eigenvalue weighted by atomic mass is 9.85. The lowest BCUT2D eigenvalue weighted by Crippen LogP contribution is -2.51. The van der Waals surface area contributed by atoms with Crippen LogP contribution in [0.3, 0.4) is 0 Å². The largest absolute Gasteiger partial charge is 0.333 e. The highest BCUT2D eigenvalue weighted by Crippen LogP contribution is 2.31. The summed E-state index contributed by atoms with van der Waals surface area (Å²) in [6, 6.07) is 19.1. The Labute approximate surface area is 200 Å². The first-order chi connectivity index (χ1) is 16.5. The van der Waals surface area contributed by atoms with Crippen molar-refractivity contribution in [1.29, 1.82) is 0 Å². The molecule has 0 radical (unpaired) electrons. The molecule has 7 nitrogen and oxygen atoms in total. The van der Waals surface area contributed by atoms with Gasteiger partial charge in [-0.15, -0.1) is 0 Å². The van der Waals surface area contributed by atoms with Crippen LogP contribution < -0.4 is 10.0 Å². The number of fused-ring (bicyclic) bond motifs is 1. The minimum atomic E-state index is -3.67.